The molecule has 40 heavy (non-hydrogen) atoms. The molecule has 0 unspecified atom stereocenters. The number of carbonyl (C=O) groups is 1. The van der Waals surface area contributed by atoms with Crippen LogP contribution in [0, 0.1) is 0 Å². The predicted octanol–water partition coefficient (Wildman–Crippen LogP) is 6.73. The van der Waals surface area contributed by atoms with Crippen molar-refractivity contribution < 1.29 is 18.0 Å². The first kappa shape index (κ1) is 30.6. The number of piperazine rings is 1. The molecular weight excluding hydrogens is 533 g/mol. The average molecular weight is 577 g/mol. The Morgan fingerprint density at radius 1 is 0.950 bits per heavy atom. The van der Waals surface area contributed by atoms with Crippen LogP contribution in [0.2, 0.25) is 0 Å². The van der Waals surface area contributed by atoms with E-state index in [1.807, 2.05) is 4.90 Å². The van der Waals surface area contributed by atoms with E-state index >= 15 is 0 Å². The molecule has 0 bridgehead atoms. The number of nitrogens with zero attached hydrogens (tertiary/aromatic N) is 3. The summed E-state index contributed by atoms with van der Waals surface area (Å²) >= 11 is 1.10. The van der Waals surface area contributed by atoms with Crippen molar-refractivity contribution in [2.45, 2.75) is 69.0 Å². The Kier molecular flexibility index (Phi) is 9.98. The normalized spacial score (nSPS) is 17.8. The molecule has 9 heteroatoms. The average Bonchev–Trinajstić information content (AvgIpc) is 2.93. The van der Waals surface area contributed by atoms with E-state index in [0.717, 1.165) is 63.7 Å². The molecule has 2 aromatic carbocycles. The van der Waals surface area contributed by atoms with Crippen molar-refractivity contribution in [3.63, 3.8) is 0 Å². The number of anilines is 2. The Bertz CT molecular complexity index is 1120. The van der Waals surface area contributed by atoms with Crippen LogP contribution in [0.5, 0.6) is 0 Å². The van der Waals surface area contributed by atoms with Crippen LogP contribution in [0.1, 0.15) is 57.6 Å². The smallest absolute Gasteiger partial charge is 0.382 e. The maximum Gasteiger partial charge on any atom is 0.417 e. The molecule has 0 saturated carbocycles. The Morgan fingerprint density at radius 3 is 2.17 bits per heavy atom. The van der Waals surface area contributed by atoms with Gasteiger partial charge < -0.3 is 15.1 Å². The number of piperidine rings is 1. The molecule has 0 aromatic heterocycles. The van der Waals surface area contributed by atoms with Gasteiger partial charge >= 0.3 is 6.18 Å². The van der Waals surface area contributed by atoms with Crippen molar-refractivity contribution in [1.82, 2.24) is 9.80 Å². The number of nitrogens with one attached hydrogen (secondary N) is 1. The van der Waals surface area contributed by atoms with Gasteiger partial charge in [0, 0.05) is 68.0 Å². The summed E-state index contributed by atoms with van der Waals surface area (Å²) in [6.07, 6.45) is 0.124. The number of carbonyl (C=O) groups excluding carboxylic acids is 1. The van der Waals surface area contributed by atoms with Gasteiger partial charge in [-0.15, -0.1) is 11.8 Å². The molecule has 2 saturated heterocycles. The first-order valence-electron chi connectivity index (χ1n) is 14.3. The molecule has 1 N–H and O–H groups in total. The number of alkyl halides is 3. The number of amides is 1. The van der Waals surface area contributed by atoms with Gasteiger partial charge in [-0.2, -0.15) is 13.2 Å². The highest BCUT2D eigenvalue weighted by molar-refractivity contribution is 7.98. The summed E-state index contributed by atoms with van der Waals surface area (Å²) in [5.74, 6) is 0.180. The van der Waals surface area contributed by atoms with E-state index in [4.69, 9.17) is 0 Å². The lowest BCUT2D eigenvalue weighted by molar-refractivity contribution is -0.139. The number of hydrogen-bond acceptors (Lipinski definition) is 5. The van der Waals surface area contributed by atoms with Crippen LogP contribution in [0.3, 0.4) is 0 Å². The minimum absolute atomic E-state index is 0.0613. The van der Waals surface area contributed by atoms with Gasteiger partial charge in [0.25, 0.3) is 0 Å². The maximum atomic E-state index is 13.4. The Morgan fingerprint density at radius 2 is 1.60 bits per heavy atom. The molecule has 2 fully saturated rings. The van der Waals surface area contributed by atoms with Crippen LogP contribution < -0.4 is 10.2 Å². The first-order chi connectivity index (χ1) is 18.9. The zero-order chi connectivity index (χ0) is 28.9. The molecule has 0 radical (unpaired) electrons. The summed E-state index contributed by atoms with van der Waals surface area (Å²) in [6.45, 7) is 12.9. The molecule has 0 spiro atoms. The van der Waals surface area contributed by atoms with Crippen molar-refractivity contribution in [2.24, 2.45) is 0 Å². The highest BCUT2D eigenvalue weighted by Gasteiger charge is 2.34. The van der Waals surface area contributed by atoms with Crippen LogP contribution in [0.25, 0.3) is 0 Å². The quantitative estimate of drug-likeness (QED) is 0.353. The van der Waals surface area contributed by atoms with Gasteiger partial charge in [-0.1, -0.05) is 32.9 Å². The van der Waals surface area contributed by atoms with Gasteiger partial charge in [-0.25, -0.2) is 0 Å². The van der Waals surface area contributed by atoms with E-state index in [9.17, 15) is 18.0 Å². The SMILES string of the molecule is CSc1ccc(NC2CCN(C(=O)CCCN3CCN(c4ccc(C(C)(C)C)cc4)CC3)CC2)cc1C(F)(F)F. The monoisotopic (exact) mass is 576 g/mol. The minimum atomic E-state index is -4.38. The van der Waals surface area contributed by atoms with E-state index in [0.29, 0.717) is 25.2 Å². The fourth-order valence-corrected chi connectivity index (χ4v) is 6.14. The Balaban J connectivity index is 1.15. The molecular formula is C31H43F3N4OS. The van der Waals surface area contributed by atoms with Crippen LogP contribution in [0.4, 0.5) is 24.5 Å². The number of likely N-dealkylation sites (tertiary alicyclic amines) is 1. The molecule has 2 aliphatic heterocycles. The number of rotatable bonds is 8. The van der Waals surface area contributed by atoms with Crippen LogP contribution in [0.15, 0.2) is 47.4 Å². The topological polar surface area (TPSA) is 38.8 Å². The van der Waals surface area contributed by atoms with E-state index in [2.05, 4.69) is 60.2 Å². The second kappa shape index (κ2) is 13.1. The van der Waals surface area contributed by atoms with E-state index in [1.54, 1.807) is 12.3 Å². The van der Waals surface area contributed by atoms with Crippen molar-refractivity contribution in [3.05, 3.63) is 53.6 Å². The van der Waals surface area contributed by atoms with Crippen molar-refractivity contribution in [3.8, 4) is 0 Å². The molecule has 0 atom stereocenters. The van der Waals surface area contributed by atoms with Gasteiger partial charge in [0.05, 0.1) is 5.56 Å². The molecule has 2 heterocycles. The zero-order valence-corrected chi connectivity index (χ0v) is 25.0. The number of benzene rings is 2. The standard InChI is InChI=1S/C31H43F3N4OS/c1-30(2,3)23-7-10-26(11-8-23)37-20-18-36(19-21-37)15-5-6-29(39)38-16-13-24(14-17-38)35-25-9-12-28(40-4)27(22-25)31(32,33)34/h7-12,22,24,35H,5-6,13-21H2,1-4H3. The summed E-state index contributed by atoms with van der Waals surface area (Å²) in [5.41, 5.74) is 2.66. The summed E-state index contributed by atoms with van der Waals surface area (Å²) in [6, 6.07) is 13.4. The van der Waals surface area contributed by atoms with Gasteiger partial charge in [-0.05, 0) is 73.4 Å². The summed E-state index contributed by atoms with van der Waals surface area (Å²) in [7, 11) is 0. The molecule has 2 aromatic rings. The largest absolute Gasteiger partial charge is 0.417 e. The van der Waals surface area contributed by atoms with Crippen LogP contribution in [-0.2, 0) is 16.4 Å². The lowest BCUT2D eigenvalue weighted by Gasteiger charge is -2.36. The summed E-state index contributed by atoms with van der Waals surface area (Å²) in [5, 5.41) is 3.26. The van der Waals surface area contributed by atoms with Crippen LogP contribution in [-0.4, -0.2) is 73.8 Å². The van der Waals surface area contributed by atoms with E-state index in [1.165, 1.54) is 23.4 Å². The van der Waals surface area contributed by atoms with Crippen molar-refractivity contribution in [2.75, 3.05) is 62.3 Å². The number of halogens is 3. The second-order valence-corrected chi connectivity index (χ2v) is 12.8. The molecule has 1 amide bonds. The van der Waals surface area contributed by atoms with Gasteiger partial charge in [0.2, 0.25) is 5.91 Å². The van der Waals surface area contributed by atoms with Crippen LogP contribution >= 0.6 is 11.8 Å². The third kappa shape index (κ3) is 8.09. The fraction of sp³-hybridized carbons (Fsp3) is 0.581. The van der Waals surface area contributed by atoms with Gasteiger partial charge in [0.1, 0.15) is 0 Å². The fourth-order valence-electron chi connectivity index (χ4n) is 5.54. The van der Waals surface area contributed by atoms with Crippen molar-refractivity contribution >= 4 is 29.0 Å². The number of hydrogen-bond donors (Lipinski definition) is 1. The lowest BCUT2D eigenvalue weighted by Crippen LogP contribution is -2.47. The first-order valence-corrected chi connectivity index (χ1v) is 15.5. The molecule has 4 rings (SSSR count). The molecule has 220 valence electrons. The van der Waals surface area contributed by atoms with Crippen molar-refractivity contribution in [1.29, 1.82) is 0 Å². The molecule has 2 aliphatic rings. The van der Waals surface area contributed by atoms with E-state index in [-0.39, 0.29) is 22.3 Å². The second-order valence-electron chi connectivity index (χ2n) is 11.9. The zero-order valence-electron chi connectivity index (χ0n) is 24.2. The highest BCUT2D eigenvalue weighted by atomic mass is 32.2. The third-order valence-electron chi connectivity index (χ3n) is 8.06. The minimum Gasteiger partial charge on any atom is -0.382 e. The summed E-state index contributed by atoms with van der Waals surface area (Å²) in [4.78, 5) is 19.8. The Hall–Kier alpha value is -2.39. The van der Waals surface area contributed by atoms with Gasteiger partial charge in [-0.3, -0.25) is 9.69 Å². The maximum absolute atomic E-state index is 13.4. The van der Waals surface area contributed by atoms with Gasteiger partial charge in [0.15, 0.2) is 0 Å². The molecule has 0 aliphatic carbocycles. The Labute approximate surface area is 241 Å². The highest BCUT2D eigenvalue weighted by Crippen LogP contribution is 2.38. The van der Waals surface area contributed by atoms with E-state index < -0.39 is 11.7 Å². The lowest BCUT2D eigenvalue weighted by atomic mass is 9.87. The molecule has 5 nitrogen and oxygen atoms in total. The predicted molar refractivity (Wildman–Crippen MR) is 159 cm³/mol. The third-order valence-corrected chi connectivity index (χ3v) is 8.85. The number of thioether (sulfide) groups is 1. The summed E-state index contributed by atoms with van der Waals surface area (Å²) < 4.78 is 40.2.